The van der Waals surface area contributed by atoms with Gasteiger partial charge in [0.05, 0.1) is 13.1 Å². The number of hydrogen-bond donors (Lipinski definition) is 0. The first kappa shape index (κ1) is 16.9. The Hall–Kier alpha value is -2.12. The number of nitrogens with zero attached hydrogens (tertiary/aromatic N) is 1. The van der Waals surface area contributed by atoms with Crippen LogP contribution < -0.4 is 4.90 Å². The zero-order valence-electron chi connectivity index (χ0n) is 12.0. The monoisotopic (exact) mass is 297 g/mol. The predicted octanol–water partition coefficient (Wildman–Crippen LogP) is 0.784. The van der Waals surface area contributed by atoms with E-state index in [-0.39, 0.29) is 13.1 Å². The van der Waals surface area contributed by atoms with Crippen molar-refractivity contribution < 1.29 is 28.5 Å². The number of benzene rings is 1. The summed E-state index contributed by atoms with van der Waals surface area (Å²) >= 11 is 0. The third-order valence-corrected chi connectivity index (χ3v) is 2.80. The molecule has 116 valence electrons. The molecule has 1 aromatic carbocycles. The summed E-state index contributed by atoms with van der Waals surface area (Å²) < 4.78 is 19.8. The number of ether oxygens (including phenoxy) is 4. The van der Waals surface area contributed by atoms with Gasteiger partial charge in [0.25, 0.3) is 12.9 Å². The Morgan fingerprint density at radius 3 is 1.81 bits per heavy atom. The van der Waals surface area contributed by atoms with Crippen LogP contribution in [-0.4, -0.2) is 52.8 Å². The molecule has 0 aliphatic carbocycles. The lowest BCUT2D eigenvalue weighted by atomic mass is 10.3. The van der Waals surface area contributed by atoms with Crippen LogP contribution >= 0.6 is 0 Å². The summed E-state index contributed by atoms with van der Waals surface area (Å²) in [5.41, 5.74) is 0.852. The van der Waals surface area contributed by atoms with E-state index in [1.165, 1.54) is 14.2 Å². The van der Waals surface area contributed by atoms with Crippen LogP contribution in [0.3, 0.4) is 0 Å². The average molecular weight is 297 g/mol. The predicted molar refractivity (Wildman–Crippen MR) is 74.5 cm³/mol. The van der Waals surface area contributed by atoms with Gasteiger partial charge in [-0.2, -0.15) is 0 Å². The smallest absolute Gasteiger partial charge is 0.295 e. The van der Waals surface area contributed by atoms with Gasteiger partial charge < -0.3 is 23.8 Å². The van der Waals surface area contributed by atoms with Gasteiger partial charge >= 0.3 is 0 Å². The molecule has 0 fully saturated rings. The molecular weight excluding hydrogens is 278 g/mol. The SMILES string of the molecule is COC(CN(CC(OC)OC=O)c1ccccc1)OC=O. The Morgan fingerprint density at radius 2 is 1.43 bits per heavy atom. The van der Waals surface area contributed by atoms with Gasteiger partial charge in [-0.05, 0) is 12.1 Å². The highest BCUT2D eigenvalue weighted by atomic mass is 16.7. The van der Waals surface area contributed by atoms with E-state index in [1.54, 1.807) is 0 Å². The third-order valence-electron chi connectivity index (χ3n) is 2.80. The molecule has 0 amide bonds. The normalized spacial score (nSPS) is 13.0. The van der Waals surface area contributed by atoms with Crippen LogP contribution in [-0.2, 0) is 28.5 Å². The number of hydrogen-bond acceptors (Lipinski definition) is 7. The summed E-state index contributed by atoms with van der Waals surface area (Å²) in [5.74, 6) is 0. The Labute approximate surface area is 123 Å². The number of methoxy groups -OCH3 is 2. The molecule has 0 bridgehead atoms. The van der Waals surface area contributed by atoms with Crippen LogP contribution in [0, 0.1) is 0 Å². The summed E-state index contributed by atoms with van der Waals surface area (Å²) in [4.78, 5) is 22.7. The molecule has 0 aliphatic heterocycles. The van der Waals surface area contributed by atoms with Crippen molar-refractivity contribution in [2.45, 2.75) is 12.6 Å². The van der Waals surface area contributed by atoms with Crippen LogP contribution in [0.5, 0.6) is 0 Å². The van der Waals surface area contributed by atoms with Crippen LogP contribution in [0.2, 0.25) is 0 Å². The van der Waals surface area contributed by atoms with Crippen molar-refractivity contribution in [1.82, 2.24) is 0 Å². The fourth-order valence-electron chi connectivity index (χ4n) is 1.75. The van der Waals surface area contributed by atoms with E-state index in [2.05, 4.69) is 0 Å². The molecule has 0 spiro atoms. The summed E-state index contributed by atoms with van der Waals surface area (Å²) in [5, 5.41) is 0. The van der Waals surface area contributed by atoms with E-state index < -0.39 is 12.6 Å². The highest BCUT2D eigenvalue weighted by Crippen LogP contribution is 2.15. The molecule has 1 aromatic rings. The van der Waals surface area contributed by atoms with Crippen LogP contribution in [0.4, 0.5) is 5.69 Å². The second kappa shape index (κ2) is 9.73. The first-order chi connectivity index (χ1) is 10.2. The van der Waals surface area contributed by atoms with Gasteiger partial charge in [0, 0.05) is 19.9 Å². The lowest BCUT2D eigenvalue weighted by molar-refractivity contribution is -0.158. The summed E-state index contributed by atoms with van der Waals surface area (Å²) in [6.45, 7) is 1.18. The molecule has 0 saturated heterocycles. The highest BCUT2D eigenvalue weighted by Gasteiger charge is 2.20. The highest BCUT2D eigenvalue weighted by molar-refractivity contribution is 5.46. The van der Waals surface area contributed by atoms with Crippen LogP contribution in [0.1, 0.15) is 0 Å². The van der Waals surface area contributed by atoms with Crippen molar-refractivity contribution in [2.24, 2.45) is 0 Å². The fourth-order valence-corrected chi connectivity index (χ4v) is 1.75. The maximum absolute atomic E-state index is 10.5. The number of carbonyl (C=O) groups excluding carboxylic acids is 2. The standard InChI is InChI=1S/C14H19NO6/c1-18-13(20-10-16)8-15(9-14(19-2)21-11-17)12-6-4-3-5-7-12/h3-7,10-11,13-14H,8-9H2,1-2H3. The molecule has 0 aromatic heterocycles. The summed E-state index contributed by atoms with van der Waals surface area (Å²) in [7, 11) is 2.88. The van der Waals surface area contributed by atoms with E-state index >= 15 is 0 Å². The molecular formula is C14H19NO6. The van der Waals surface area contributed by atoms with Crippen LogP contribution in [0.25, 0.3) is 0 Å². The second-order valence-electron chi connectivity index (χ2n) is 4.04. The third kappa shape index (κ3) is 5.80. The number of anilines is 1. The van der Waals surface area contributed by atoms with Gasteiger partial charge in [-0.25, -0.2) is 0 Å². The minimum Gasteiger partial charge on any atom is -0.436 e. The maximum atomic E-state index is 10.5. The van der Waals surface area contributed by atoms with Gasteiger partial charge in [-0.1, -0.05) is 18.2 Å². The van der Waals surface area contributed by atoms with Crippen molar-refractivity contribution >= 4 is 18.6 Å². The molecule has 0 aliphatic rings. The van der Waals surface area contributed by atoms with Gasteiger partial charge in [-0.3, -0.25) is 9.59 Å². The molecule has 2 atom stereocenters. The molecule has 0 radical (unpaired) electrons. The van der Waals surface area contributed by atoms with Crippen molar-refractivity contribution in [3.63, 3.8) is 0 Å². The van der Waals surface area contributed by atoms with Gasteiger partial charge in [0.2, 0.25) is 12.6 Å². The van der Waals surface area contributed by atoms with Gasteiger partial charge in [0.15, 0.2) is 0 Å². The topological polar surface area (TPSA) is 74.3 Å². The lowest BCUT2D eigenvalue weighted by Gasteiger charge is -2.30. The average Bonchev–Trinajstić information content (AvgIpc) is 2.53. The van der Waals surface area contributed by atoms with E-state index in [1.807, 2.05) is 35.2 Å². The maximum Gasteiger partial charge on any atom is 0.295 e. The Morgan fingerprint density at radius 1 is 0.952 bits per heavy atom. The van der Waals surface area contributed by atoms with Crippen molar-refractivity contribution in [3.8, 4) is 0 Å². The Bertz CT molecular complexity index is 393. The minimum absolute atomic E-state index is 0.265. The molecule has 7 heteroatoms. The zero-order valence-corrected chi connectivity index (χ0v) is 12.0. The van der Waals surface area contributed by atoms with E-state index in [0.717, 1.165) is 5.69 Å². The van der Waals surface area contributed by atoms with E-state index in [9.17, 15) is 9.59 Å². The minimum atomic E-state index is -0.739. The Kier molecular flexibility index (Phi) is 7.85. The molecule has 0 saturated carbocycles. The fraction of sp³-hybridized carbons (Fsp3) is 0.429. The van der Waals surface area contributed by atoms with Crippen LogP contribution in [0.15, 0.2) is 30.3 Å². The zero-order chi connectivity index (χ0) is 15.5. The van der Waals surface area contributed by atoms with Crippen molar-refractivity contribution in [1.29, 1.82) is 0 Å². The molecule has 21 heavy (non-hydrogen) atoms. The lowest BCUT2D eigenvalue weighted by Crippen LogP contribution is -2.41. The Balaban J connectivity index is 2.83. The number of carbonyl (C=O) groups is 2. The van der Waals surface area contributed by atoms with E-state index in [0.29, 0.717) is 12.9 Å². The van der Waals surface area contributed by atoms with Crippen molar-refractivity contribution in [3.05, 3.63) is 30.3 Å². The first-order valence-corrected chi connectivity index (χ1v) is 6.29. The molecule has 2 unspecified atom stereocenters. The molecule has 7 nitrogen and oxygen atoms in total. The van der Waals surface area contributed by atoms with Gasteiger partial charge in [0.1, 0.15) is 0 Å². The summed E-state index contributed by atoms with van der Waals surface area (Å²) in [6.07, 6.45) is -1.48. The molecule has 1 rings (SSSR count). The quantitative estimate of drug-likeness (QED) is 0.441. The second-order valence-corrected chi connectivity index (χ2v) is 4.04. The van der Waals surface area contributed by atoms with E-state index in [4.69, 9.17) is 18.9 Å². The first-order valence-electron chi connectivity index (χ1n) is 6.29. The number of para-hydroxylation sites is 1. The van der Waals surface area contributed by atoms with Crippen molar-refractivity contribution in [2.75, 3.05) is 32.2 Å². The summed E-state index contributed by atoms with van der Waals surface area (Å²) in [6, 6.07) is 9.37. The van der Waals surface area contributed by atoms with Gasteiger partial charge in [-0.15, -0.1) is 0 Å². The molecule has 0 heterocycles. The molecule has 0 N–H and O–H groups in total. The number of rotatable bonds is 11. The largest absolute Gasteiger partial charge is 0.436 e.